The van der Waals surface area contributed by atoms with E-state index in [0.29, 0.717) is 24.0 Å². The van der Waals surface area contributed by atoms with E-state index < -0.39 is 70.8 Å². The molecule has 1 aliphatic heterocycles. The molecule has 1 heterocycles. The number of benzene rings is 2. The Morgan fingerprint density at radius 3 is 1.76 bits per heavy atom. The summed E-state index contributed by atoms with van der Waals surface area (Å²) in [5.74, 6) is -3.18. The van der Waals surface area contributed by atoms with Crippen molar-refractivity contribution in [3.63, 3.8) is 0 Å². The molecule has 2 bridgehead atoms. The van der Waals surface area contributed by atoms with Crippen molar-refractivity contribution in [2.45, 2.75) is 90.0 Å². The lowest BCUT2D eigenvalue weighted by molar-refractivity contribution is -0.296. The second kappa shape index (κ2) is 10.8. The predicted molar refractivity (Wildman–Crippen MR) is 150 cm³/mol. The summed E-state index contributed by atoms with van der Waals surface area (Å²) in [5.41, 5.74) is -2.85. The number of fused-ring (bicyclic) bond motifs is 1. The lowest BCUT2D eigenvalue weighted by Gasteiger charge is -2.62. The monoisotopic (exact) mass is 578 g/mol. The molecule has 2 aromatic rings. The summed E-state index contributed by atoms with van der Waals surface area (Å²) >= 11 is 0. The summed E-state index contributed by atoms with van der Waals surface area (Å²) in [6, 6.07) is 17.1. The van der Waals surface area contributed by atoms with Crippen LogP contribution in [0.25, 0.3) is 0 Å². The van der Waals surface area contributed by atoms with Crippen LogP contribution in [0.3, 0.4) is 0 Å². The molecule has 42 heavy (non-hydrogen) atoms. The smallest absolute Gasteiger partial charge is 0.338 e. The van der Waals surface area contributed by atoms with Crippen molar-refractivity contribution in [3.05, 3.63) is 71.8 Å². The van der Waals surface area contributed by atoms with Gasteiger partial charge in [0.15, 0.2) is 6.10 Å². The molecule has 3 aliphatic rings. The van der Waals surface area contributed by atoms with Crippen molar-refractivity contribution in [2.24, 2.45) is 17.3 Å². The first kappa shape index (κ1) is 29.8. The molecular formula is C33H38O9. The largest absolute Gasteiger partial charge is 0.459 e. The number of hydrogen-bond acceptors (Lipinski definition) is 9. The molecule has 2 aliphatic carbocycles. The fourth-order valence-electron chi connectivity index (χ4n) is 7.76. The van der Waals surface area contributed by atoms with E-state index in [2.05, 4.69) is 0 Å². The van der Waals surface area contributed by atoms with Crippen LogP contribution in [-0.2, 0) is 33.3 Å². The Kier molecular flexibility index (Phi) is 7.68. The van der Waals surface area contributed by atoms with Gasteiger partial charge in [0, 0.05) is 13.8 Å². The van der Waals surface area contributed by atoms with Gasteiger partial charge in [0.25, 0.3) is 0 Å². The van der Waals surface area contributed by atoms with E-state index in [1.165, 1.54) is 13.8 Å². The SMILES string of the molecule is CC(=O)OC1C2C(OC(C)=O)C3(OC2(C)C)C(C)CCC(OC(=O)c2ccccc2)C3(C)C1OC(=O)c1ccccc1. The highest BCUT2D eigenvalue weighted by Gasteiger charge is 2.82. The first-order chi connectivity index (χ1) is 19.8. The third-order valence-corrected chi connectivity index (χ3v) is 9.43. The van der Waals surface area contributed by atoms with Gasteiger partial charge in [-0.15, -0.1) is 0 Å². The summed E-state index contributed by atoms with van der Waals surface area (Å²) in [6.07, 6.45) is -2.89. The summed E-state index contributed by atoms with van der Waals surface area (Å²) in [4.78, 5) is 52.3. The van der Waals surface area contributed by atoms with Gasteiger partial charge in [0.05, 0.1) is 28.1 Å². The maximum Gasteiger partial charge on any atom is 0.338 e. The molecule has 5 rings (SSSR count). The van der Waals surface area contributed by atoms with Gasteiger partial charge in [-0.2, -0.15) is 0 Å². The van der Waals surface area contributed by atoms with Crippen LogP contribution < -0.4 is 0 Å². The minimum atomic E-state index is -1.30. The van der Waals surface area contributed by atoms with E-state index in [4.69, 9.17) is 23.7 Å². The normalized spacial score (nSPS) is 34.4. The van der Waals surface area contributed by atoms with Gasteiger partial charge in [-0.1, -0.05) is 43.3 Å². The molecule has 0 N–H and O–H groups in total. The van der Waals surface area contributed by atoms with Gasteiger partial charge in [0.1, 0.15) is 23.9 Å². The number of carbonyl (C=O) groups excluding carboxylic acids is 4. The Hall–Kier alpha value is -3.72. The van der Waals surface area contributed by atoms with Crippen molar-refractivity contribution >= 4 is 23.9 Å². The van der Waals surface area contributed by atoms with Crippen LogP contribution in [0.15, 0.2) is 60.7 Å². The van der Waals surface area contributed by atoms with Gasteiger partial charge in [-0.25, -0.2) is 9.59 Å². The third kappa shape index (κ3) is 4.68. The van der Waals surface area contributed by atoms with E-state index in [1.807, 2.05) is 27.7 Å². The molecule has 1 spiro atoms. The van der Waals surface area contributed by atoms with Crippen LogP contribution in [0.4, 0.5) is 0 Å². The zero-order valence-corrected chi connectivity index (χ0v) is 24.8. The molecule has 0 aromatic heterocycles. The molecule has 1 saturated heterocycles. The summed E-state index contributed by atoms with van der Waals surface area (Å²) in [5, 5.41) is 0. The minimum Gasteiger partial charge on any atom is -0.459 e. The van der Waals surface area contributed by atoms with Crippen molar-refractivity contribution in [3.8, 4) is 0 Å². The van der Waals surface area contributed by atoms with E-state index in [9.17, 15) is 19.2 Å². The Balaban J connectivity index is 1.70. The molecule has 0 amide bonds. The van der Waals surface area contributed by atoms with Crippen LogP contribution in [0.5, 0.6) is 0 Å². The molecule has 9 nitrogen and oxygen atoms in total. The predicted octanol–water partition coefficient (Wildman–Crippen LogP) is 4.91. The number of carbonyl (C=O) groups is 4. The Morgan fingerprint density at radius 2 is 1.24 bits per heavy atom. The van der Waals surface area contributed by atoms with Crippen LogP contribution >= 0.6 is 0 Å². The first-order valence-corrected chi connectivity index (χ1v) is 14.4. The Bertz CT molecular complexity index is 1360. The average molecular weight is 579 g/mol. The second-order valence-electron chi connectivity index (χ2n) is 12.3. The van der Waals surface area contributed by atoms with Crippen molar-refractivity contribution in [2.75, 3.05) is 0 Å². The van der Waals surface area contributed by atoms with Gasteiger partial charge in [-0.3, -0.25) is 9.59 Å². The average Bonchev–Trinajstić information content (AvgIpc) is 3.14. The van der Waals surface area contributed by atoms with E-state index >= 15 is 0 Å². The third-order valence-electron chi connectivity index (χ3n) is 9.43. The maximum atomic E-state index is 13.6. The zero-order chi connectivity index (χ0) is 30.4. The molecule has 8 unspecified atom stereocenters. The number of ether oxygens (including phenoxy) is 5. The highest BCUT2D eigenvalue weighted by atomic mass is 16.6. The standard InChI is InChI=1S/C33H38O9/c1-19-17-18-24(40-29(36)22-13-9-7-10-14-22)32(6)28(41-30(37)23-15-11-8-12-16-23)26(38-20(2)34)25-27(39-21(3)35)33(19,32)42-31(25,4)5/h7-16,19,24-28H,17-18H2,1-6H3. The Morgan fingerprint density at radius 1 is 0.714 bits per heavy atom. The summed E-state index contributed by atoms with van der Waals surface area (Å²) in [7, 11) is 0. The van der Waals surface area contributed by atoms with E-state index in [-0.39, 0.29) is 5.92 Å². The van der Waals surface area contributed by atoms with Crippen LogP contribution in [0, 0.1) is 17.3 Å². The van der Waals surface area contributed by atoms with E-state index in [1.54, 1.807) is 60.7 Å². The summed E-state index contributed by atoms with van der Waals surface area (Å²) < 4.78 is 31.6. The number of rotatable bonds is 6. The van der Waals surface area contributed by atoms with Crippen molar-refractivity contribution < 1.29 is 42.9 Å². The van der Waals surface area contributed by atoms with Crippen LogP contribution in [-0.4, -0.2) is 59.5 Å². The van der Waals surface area contributed by atoms with Gasteiger partial charge >= 0.3 is 23.9 Å². The molecule has 9 heteroatoms. The molecule has 3 fully saturated rings. The Labute approximate surface area is 245 Å². The quantitative estimate of drug-likeness (QED) is 0.348. The fraction of sp³-hybridized carbons (Fsp3) is 0.515. The number of esters is 4. The highest BCUT2D eigenvalue weighted by Crippen LogP contribution is 2.68. The van der Waals surface area contributed by atoms with Gasteiger partial charge in [-0.05, 0) is 63.8 Å². The minimum absolute atomic E-state index is 0.209. The maximum absolute atomic E-state index is 13.6. The van der Waals surface area contributed by atoms with Crippen molar-refractivity contribution in [1.29, 1.82) is 0 Å². The van der Waals surface area contributed by atoms with Gasteiger partial charge in [0.2, 0.25) is 0 Å². The molecule has 2 aromatic carbocycles. The van der Waals surface area contributed by atoms with Crippen LogP contribution in [0.1, 0.15) is 75.1 Å². The topological polar surface area (TPSA) is 114 Å². The van der Waals surface area contributed by atoms with Gasteiger partial charge < -0.3 is 23.7 Å². The molecule has 2 saturated carbocycles. The van der Waals surface area contributed by atoms with Crippen molar-refractivity contribution in [1.82, 2.24) is 0 Å². The number of hydrogen-bond donors (Lipinski definition) is 0. The fourth-order valence-corrected chi connectivity index (χ4v) is 7.76. The zero-order valence-electron chi connectivity index (χ0n) is 24.8. The lowest BCUT2D eigenvalue weighted by Crippen LogP contribution is -2.76. The molecule has 224 valence electrons. The molecule has 8 atom stereocenters. The highest BCUT2D eigenvalue weighted by molar-refractivity contribution is 5.90. The van der Waals surface area contributed by atoms with Crippen LogP contribution in [0.2, 0.25) is 0 Å². The summed E-state index contributed by atoms with van der Waals surface area (Å²) in [6.45, 7) is 10.1. The first-order valence-electron chi connectivity index (χ1n) is 14.4. The molecular weight excluding hydrogens is 540 g/mol. The lowest BCUT2D eigenvalue weighted by atomic mass is 9.48. The molecule has 0 radical (unpaired) electrons. The van der Waals surface area contributed by atoms with E-state index in [0.717, 1.165) is 0 Å². The second-order valence-corrected chi connectivity index (χ2v) is 12.3.